The maximum Gasteiger partial charge on any atom is 0.322 e. The Bertz CT molecular complexity index is 1170. The van der Waals surface area contributed by atoms with Crippen LogP contribution in [0.2, 0.25) is 0 Å². The number of urea groups is 1. The predicted molar refractivity (Wildman–Crippen MR) is 95.5 cm³/mol. The molecule has 7 nitrogen and oxygen atoms in total. The molecule has 0 saturated carbocycles. The van der Waals surface area contributed by atoms with Crippen molar-refractivity contribution in [2.45, 2.75) is 13.0 Å². The van der Waals surface area contributed by atoms with Crippen LogP contribution in [0.15, 0.2) is 46.9 Å². The molecule has 3 N–H and O–H groups in total. The van der Waals surface area contributed by atoms with Crippen molar-refractivity contribution < 1.29 is 14.0 Å². The summed E-state index contributed by atoms with van der Waals surface area (Å²) >= 11 is 0. The summed E-state index contributed by atoms with van der Waals surface area (Å²) in [5.41, 5.74) is 4.89. The van der Waals surface area contributed by atoms with E-state index in [1.807, 2.05) is 37.3 Å². The minimum Gasteiger partial charge on any atom is -0.456 e. The van der Waals surface area contributed by atoms with Gasteiger partial charge >= 0.3 is 6.03 Å². The van der Waals surface area contributed by atoms with E-state index < -0.39 is 18.0 Å². The lowest BCUT2D eigenvalue weighted by Crippen LogP contribution is -2.22. The summed E-state index contributed by atoms with van der Waals surface area (Å²) in [6, 6.07) is 12.4. The molecular formula is C19H14N4O3. The number of para-hydroxylation sites is 1. The van der Waals surface area contributed by atoms with Crippen molar-refractivity contribution in [1.29, 1.82) is 0 Å². The van der Waals surface area contributed by atoms with Crippen molar-refractivity contribution in [3.05, 3.63) is 53.8 Å². The summed E-state index contributed by atoms with van der Waals surface area (Å²) in [5.74, 6) is -0.0599. The Kier molecular flexibility index (Phi) is 2.94. The third kappa shape index (κ3) is 2.17. The zero-order valence-corrected chi connectivity index (χ0v) is 13.8. The molecule has 1 fully saturated rings. The number of rotatable bonds is 2. The largest absolute Gasteiger partial charge is 0.456 e. The first kappa shape index (κ1) is 14.7. The Labute approximate surface area is 147 Å². The van der Waals surface area contributed by atoms with Crippen molar-refractivity contribution in [1.82, 2.24) is 20.6 Å². The number of H-pyrrole nitrogens is 1. The number of carbonyl (C=O) groups is 2. The monoisotopic (exact) mass is 346 g/mol. The van der Waals surface area contributed by atoms with E-state index in [0.717, 1.165) is 27.9 Å². The minimum atomic E-state index is -0.826. The third-order valence-electron chi connectivity index (χ3n) is 4.55. The van der Waals surface area contributed by atoms with Crippen LogP contribution < -0.4 is 10.6 Å². The number of fused-ring (bicyclic) bond motifs is 2. The summed E-state index contributed by atoms with van der Waals surface area (Å²) in [5, 5.41) is 5.85. The second kappa shape index (κ2) is 5.19. The van der Waals surface area contributed by atoms with Crippen LogP contribution in [-0.4, -0.2) is 21.9 Å². The zero-order valence-electron chi connectivity index (χ0n) is 13.8. The minimum absolute atomic E-state index is 0.368. The summed E-state index contributed by atoms with van der Waals surface area (Å²) in [6.45, 7) is 1.93. The molecule has 1 aromatic carbocycles. The van der Waals surface area contributed by atoms with E-state index in [-0.39, 0.29) is 0 Å². The van der Waals surface area contributed by atoms with Gasteiger partial charge in [0.05, 0.1) is 11.4 Å². The molecule has 1 saturated heterocycles. The number of aromatic amines is 1. The van der Waals surface area contributed by atoms with Gasteiger partial charge in [0, 0.05) is 17.0 Å². The number of pyridine rings is 1. The van der Waals surface area contributed by atoms with Crippen molar-refractivity contribution in [2.24, 2.45) is 0 Å². The number of benzene rings is 1. The second-order valence-corrected chi connectivity index (χ2v) is 6.35. The lowest BCUT2D eigenvalue weighted by Gasteiger charge is -2.02. The van der Waals surface area contributed by atoms with Crippen LogP contribution in [0.4, 0.5) is 4.79 Å². The van der Waals surface area contributed by atoms with E-state index in [1.165, 1.54) is 0 Å². The van der Waals surface area contributed by atoms with E-state index in [2.05, 4.69) is 26.7 Å². The molecule has 4 aromatic rings. The number of amides is 3. The van der Waals surface area contributed by atoms with E-state index in [1.54, 1.807) is 6.07 Å². The topological polar surface area (TPSA) is 100 Å². The second-order valence-electron chi connectivity index (χ2n) is 6.35. The van der Waals surface area contributed by atoms with Crippen LogP contribution in [0, 0.1) is 6.92 Å². The van der Waals surface area contributed by atoms with E-state index in [0.29, 0.717) is 16.9 Å². The number of imide groups is 1. The molecule has 3 aromatic heterocycles. The molecule has 3 amide bonds. The number of aromatic nitrogens is 2. The van der Waals surface area contributed by atoms with E-state index in [9.17, 15) is 9.59 Å². The van der Waals surface area contributed by atoms with Gasteiger partial charge in [0.25, 0.3) is 5.91 Å². The van der Waals surface area contributed by atoms with Gasteiger partial charge in [-0.05, 0) is 30.7 Å². The van der Waals surface area contributed by atoms with Gasteiger partial charge in [-0.1, -0.05) is 18.2 Å². The number of carbonyl (C=O) groups excluding carboxylic acids is 2. The maximum absolute atomic E-state index is 11.9. The van der Waals surface area contributed by atoms with Crippen molar-refractivity contribution >= 4 is 33.9 Å². The van der Waals surface area contributed by atoms with Gasteiger partial charge in [0.1, 0.15) is 11.3 Å². The molecule has 5 rings (SSSR count). The molecule has 0 radical (unpaired) electrons. The van der Waals surface area contributed by atoms with Crippen molar-refractivity contribution in [2.75, 3.05) is 0 Å². The lowest BCUT2D eigenvalue weighted by atomic mass is 10.1. The fourth-order valence-corrected chi connectivity index (χ4v) is 3.31. The number of hydrogen-bond donors (Lipinski definition) is 3. The number of hydrogen-bond acceptors (Lipinski definition) is 4. The fourth-order valence-electron chi connectivity index (χ4n) is 3.31. The first-order chi connectivity index (χ1) is 12.6. The third-order valence-corrected chi connectivity index (χ3v) is 4.55. The van der Waals surface area contributed by atoms with Gasteiger partial charge in [-0.15, -0.1) is 0 Å². The zero-order chi connectivity index (χ0) is 17.8. The number of nitrogens with zero attached hydrogens (tertiary/aromatic N) is 1. The SMILES string of the molecule is Cc1cc(-c2cc3ccccc3[nH]2)nc2cc(C3NC(=O)NC3=O)oc12. The molecule has 7 heteroatoms. The molecule has 1 aliphatic heterocycles. The highest BCUT2D eigenvalue weighted by atomic mass is 16.3. The van der Waals surface area contributed by atoms with Crippen molar-refractivity contribution in [3.8, 4) is 11.4 Å². The quantitative estimate of drug-likeness (QED) is 0.485. The van der Waals surface area contributed by atoms with E-state index in [4.69, 9.17) is 4.42 Å². The summed E-state index contributed by atoms with van der Waals surface area (Å²) in [6.07, 6.45) is 0. The average molecular weight is 346 g/mol. The Morgan fingerprint density at radius 2 is 1.96 bits per heavy atom. The molecule has 0 spiro atoms. The smallest absolute Gasteiger partial charge is 0.322 e. The summed E-state index contributed by atoms with van der Waals surface area (Å²) in [4.78, 5) is 31.2. The molecule has 1 aliphatic rings. The van der Waals surface area contributed by atoms with E-state index >= 15 is 0 Å². The van der Waals surface area contributed by atoms with Gasteiger partial charge in [0.15, 0.2) is 11.6 Å². The van der Waals surface area contributed by atoms with Crippen LogP contribution in [0.1, 0.15) is 17.4 Å². The highest BCUT2D eigenvalue weighted by molar-refractivity contribution is 6.04. The van der Waals surface area contributed by atoms with Crippen LogP contribution >= 0.6 is 0 Å². The lowest BCUT2D eigenvalue weighted by molar-refractivity contribution is -0.120. The van der Waals surface area contributed by atoms with Gasteiger partial charge in [0.2, 0.25) is 0 Å². The molecular weight excluding hydrogens is 332 g/mol. The average Bonchev–Trinajstić information content (AvgIpc) is 3.30. The normalized spacial score (nSPS) is 17.0. The van der Waals surface area contributed by atoms with Gasteiger partial charge in [-0.25, -0.2) is 9.78 Å². The fraction of sp³-hybridized carbons (Fsp3) is 0.105. The molecule has 0 bridgehead atoms. The summed E-state index contributed by atoms with van der Waals surface area (Å²) < 4.78 is 5.80. The van der Waals surface area contributed by atoms with Gasteiger partial charge < -0.3 is 14.7 Å². The number of nitrogens with one attached hydrogen (secondary N) is 3. The molecule has 26 heavy (non-hydrogen) atoms. The van der Waals surface area contributed by atoms with Crippen molar-refractivity contribution in [3.63, 3.8) is 0 Å². The Morgan fingerprint density at radius 1 is 1.12 bits per heavy atom. The standard InChI is InChI=1S/C19H14N4O3/c1-9-6-12(13-7-10-4-2-3-5-11(10)20-13)21-14-8-15(26-17(9)14)16-18(24)23-19(25)22-16/h2-8,16,20H,1H3,(H2,22,23,24,25). The maximum atomic E-state index is 11.9. The Hall–Kier alpha value is -3.61. The Balaban J connectivity index is 1.62. The molecule has 128 valence electrons. The number of furan rings is 1. The van der Waals surface area contributed by atoms with Gasteiger partial charge in [-0.3, -0.25) is 10.1 Å². The Morgan fingerprint density at radius 3 is 2.73 bits per heavy atom. The van der Waals surface area contributed by atoms with Crippen LogP contribution in [-0.2, 0) is 4.79 Å². The van der Waals surface area contributed by atoms with Crippen LogP contribution in [0.3, 0.4) is 0 Å². The highest BCUT2D eigenvalue weighted by Gasteiger charge is 2.34. The first-order valence-corrected chi connectivity index (χ1v) is 8.19. The molecule has 1 unspecified atom stereocenters. The van der Waals surface area contributed by atoms with Gasteiger partial charge in [-0.2, -0.15) is 0 Å². The highest BCUT2D eigenvalue weighted by Crippen LogP contribution is 2.30. The number of aryl methyl sites for hydroxylation is 1. The molecule has 1 atom stereocenters. The predicted octanol–water partition coefficient (Wildman–Crippen LogP) is 3.17. The molecule has 0 aliphatic carbocycles. The first-order valence-electron chi connectivity index (χ1n) is 8.19. The summed E-state index contributed by atoms with van der Waals surface area (Å²) in [7, 11) is 0. The van der Waals surface area contributed by atoms with Crippen LogP contribution in [0.25, 0.3) is 33.4 Å². The van der Waals surface area contributed by atoms with Crippen LogP contribution in [0.5, 0.6) is 0 Å². The molecule has 4 heterocycles.